The second-order valence-electron chi connectivity index (χ2n) is 6.35. The van der Waals surface area contributed by atoms with Crippen molar-refractivity contribution in [1.29, 1.82) is 0 Å². The van der Waals surface area contributed by atoms with E-state index in [4.69, 9.17) is 4.74 Å². The van der Waals surface area contributed by atoms with Crippen LogP contribution >= 0.6 is 0 Å². The van der Waals surface area contributed by atoms with Gasteiger partial charge in [0.2, 0.25) is 16.0 Å². The molecule has 2 aliphatic heterocycles. The molecule has 2 aromatic rings. The maximum atomic E-state index is 13.0. The summed E-state index contributed by atoms with van der Waals surface area (Å²) in [6.45, 7) is 3.31. The zero-order valence-electron chi connectivity index (χ0n) is 14.7. The van der Waals surface area contributed by atoms with Gasteiger partial charge in [-0.25, -0.2) is 18.4 Å². The number of piperazine rings is 1. The summed E-state index contributed by atoms with van der Waals surface area (Å²) >= 11 is 0. The van der Waals surface area contributed by atoms with E-state index in [1.54, 1.807) is 31.5 Å². The number of carbonyl (C=O) groups excluding carboxylic acids is 1. The van der Waals surface area contributed by atoms with E-state index in [0.29, 0.717) is 43.6 Å². The Kier molecular flexibility index (Phi) is 4.44. The number of hydrogen-bond donors (Lipinski definition) is 1. The molecule has 1 aromatic heterocycles. The smallest absolute Gasteiger partial charge is 0.265 e. The second-order valence-corrected chi connectivity index (χ2v) is 8.29. The monoisotopic (exact) mass is 389 g/mol. The second kappa shape index (κ2) is 6.78. The standard InChI is InChI=1S/C17H19N5O4S/c1-12-16(23)20-14-11-13(3-4-15(14)26-12)27(24,25)22-9-7-21(8-10-22)17-18-5-2-6-19-17/h2-6,11-12H,7-10H2,1H3,(H,20,23). The molecule has 142 valence electrons. The number of aromatic nitrogens is 2. The molecular formula is C17H19N5O4S. The van der Waals surface area contributed by atoms with Gasteiger partial charge in [0.25, 0.3) is 5.91 Å². The fourth-order valence-electron chi connectivity index (χ4n) is 3.08. The number of nitrogens with zero attached hydrogens (tertiary/aromatic N) is 4. The van der Waals surface area contributed by atoms with E-state index in [1.165, 1.54) is 16.4 Å². The number of fused-ring (bicyclic) bond motifs is 1. The van der Waals surface area contributed by atoms with Crippen LogP contribution in [0.4, 0.5) is 11.6 Å². The molecule has 0 aliphatic carbocycles. The molecule has 3 heterocycles. The molecule has 1 atom stereocenters. The van der Waals surface area contributed by atoms with Crippen molar-refractivity contribution in [3.63, 3.8) is 0 Å². The average Bonchev–Trinajstić information content (AvgIpc) is 2.69. The van der Waals surface area contributed by atoms with Crippen molar-refractivity contribution in [2.75, 3.05) is 36.4 Å². The molecule has 0 radical (unpaired) electrons. The quantitative estimate of drug-likeness (QED) is 0.824. The van der Waals surface area contributed by atoms with Crippen molar-refractivity contribution in [1.82, 2.24) is 14.3 Å². The van der Waals surface area contributed by atoms with Crippen LogP contribution in [-0.2, 0) is 14.8 Å². The molecule has 2 aliphatic rings. The summed E-state index contributed by atoms with van der Waals surface area (Å²) < 4.78 is 32.9. The van der Waals surface area contributed by atoms with Gasteiger partial charge >= 0.3 is 0 Å². The topological polar surface area (TPSA) is 105 Å². The lowest BCUT2D eigenvalue weighted by atomic mass is 10.2. The van der Waals surface area contributed by atoms with Gasteiger partial charge in [-0.3, -0.25) is 4.79 Å². The number of amides is 1. The highest BCUT2D eigenvalue weighted by molar-refractivity contribution is 7.89. The van der Waals surface area contributed by atoms with Gasteiger partial charge in [-0.05, 0) is 31.2 Å². The molecule has 27 heavy (non-hydrogen) atoms. The number of sulfonamides is 1. The summed E-state index contributed by atoms with van der Waals surface area (Å²) in [7, 11) is -3.67. The van der Waals surface area contributed by atoms with Crippen LogP contribution < -0.4 is 15.0 Å². The van der Waals surface area contributed by atoms with E-state index in [2.05, 4.69) is 15.3 Å². The molecule has 9 nitrogen and oxygen atoms in total. The molecule has 1 saturated heterocycles. The zero-order chi connectivity index (χ0) is 19.0. The van der Waals surface area contributed by atoms with Gasteiger partial charge in [-0.2, -0.15) is 4.31 Å². The molecule has 1 fully saturated rings. The minimum Gasteiger partial charge on any atom is -0.479 e. The summed E-state index contributed by atoms with van der Waals surface area (Å²) in [5.74, 6) is 0.762. The first-order valence-electron chi connectivity index (χ1n) is 8.59. The van der Waals surface area contributed by atoms with Crippen LogP contribution in [0.15, 0.2) is 41.6 Å². The van der Waals surface area contributed by atoms with Gasteiger partial charge in [0.1, 0.15) is 5.75 Å². The van der Waals surface area contributed by atoms with E-state index in [1.807, 2.05) is 4.90 Å². The van der Waals surface area contributed by atoms with Gasteiger partial charge in [0.15, 0.2) is 6.10 Å². The summed E-state index contributed by atoms with van der Waals surface area (Å²) in [6, 6.07) is 6.27. The fraction of sp³-hybridized carbons (Fsp3) is 0.353. The van der Waals surface area contributed by atoms with Crippen molar-refractivity contribution in [3.8, 4) is 5.75 Å². The largest absolute Gasteiger partial charge is 0.479 e. The zero-order valence-corrected chi connectivity index (χ0v) is 15.5. The lowest BCUT2D eigenvalue weighted by Gasteiger charge is -2.34. The van der Waals surface area contributed by atoms with Crippen molar-refractivity contribution < 1.29 is 17.9 Å². The summed E-state index contributed by atoms with van der Waals surface area (Å²) in [4.78, 5) is 22.3. The van der Waals surface area contributed by atoms with E-state index < -0.39 is 16.1 Å². The molecule has 0 bridgehead atoms. The molecular weight excluding hydrogens is 370 g/mol. The number of hydrogen-bond acceptors (Lipinski definition) is 7. The lowest BCUT2D eigenvalue weighted by Crippen LogP contribution is -2.49. The summed E-state index contributed by atoms with van der Waals surface area (Å²) in [5.41, 5.74) is 0.371. The highest BCUT2D eigenvalue weighted by atomic mass is 32.2. The predicted molar refractivity (Wildman–Crippen MR) is 98.2 cm³/mol. The van der Waals surface area contributed by atoms with E-state index >= 15 is 0 Å². The molecule has 1 unspecified atom stereocenters. The van der Waals surface area contributed by atoms with Gasteiger partial charge in [-0.1, -0.05) is 0 Å². The van der Waals surface area contributed by atoms with E-state index in [9.17, 15) is 13.2 Å². The maximum absolute atomic E-state index is 13.0. The van der Waals surface area contributed by atoms with Gasteiger partial charge in [0.05, 0.1) is 10.6 Å². The summed E-state index contributed by atoms with van der Waals surface area (Å²) in [6.07, 6.45) is 2.72. The van der Waals surface area contributed by atoms with E-state index in [0.717, 1.165) is 0 Å². The van der Waals surface area contributed by atoms with Crippen LogP contribution in [0.5, 0.6) is 5.75 Å². The number of anilines is 2. The first-order chi connectivity index (χ1) is 12.9. The van der Waals surface area contributed by atoms with Crippen molar-refractivity contribution in [2.45, 2.75) is 17.9 Å². The van der Waals surface area contributed by atoms with Crippen LogP contribution in [-0.4, -0.2) is 60.9 Å². The van der Waals surface area contributed by atoms with Gasteiger partial charge < -0.3 is 15.0 Å². The average molecular weight is 389 g/mol. The first kappa shape index (κ1) is 17.7. The third-order valence-electron chi connectivity index (χ3n) is 4.59. The Morgan fingerprint density at radius 2 is 1.85 bits per heavy atom. The molecule has 0 spiro atoms. The molecule has 1 aromatic carbocycles. The van der Waals surface area contributed by atoms with Crippen molar-refractivity contribution >= 4 is 27.6 Å². The van der Waals surface area contributed by atoms with Crippen LogP contribution in [0.25, 0.3) is 0 Å². The normalized spacial score (nSPS) is 20.6. The third-order valence-corrected chi connectivity index (χ3v) is 6.49. The molecule has 1 amide bonds. The Labute approximate surface area is 157 Å². The molecule has 0 saturated carbocycles. The SMILES string of the molecule is CC1Oc2ccc(S(=O)(=O)N3CCN(c4ncccn4)CC3)cc2NC1=O. The third kappa shape index (κ3) is 3.33. The highest BCUT2D eigenvalue weighted by Crippen LogP contribution is 2.33. The Morgan fingerprint density at radius 3 is 2.56 bits per heavy atom. The Balaban J connectivity index is 1.51. The Hall–Kier alpha value is -2.72. The number of rotatable bonds is 3. The van der Waals surface area contributed by atoms with E-state index in [-0.39, 0.29) is 10.8 Å². The number of ether oxygens (including phenoxy) is 1. The summed E-state index contributed by atoms with van der Waals surface area (Å²) in [5, 5.41) is 2.68. The lowest BCUT2D eigenvalue weighted by molar-refractivity contribution is -0.122. The van der Waals surface area contributed by atoms with Gasteiger partial charge in [0, 0.05) is 38.6 Å². The molecule has 1 N–H and O–H groups in total. The first-order valence-corrected chi connectivity index (χ1v) is 10.0. The number of carbonyl (C=O) groups is 1. The van der Waals surface area contributed by atoms with Crippen LogP contribution in [0.1, 0.15) is 6.92 Å². The molecule has 10 heteroatoms. The minimum atomic E-state index is -3.67. The minimum absolute atomic E-state index is 0.129. The number of benzene rings is 1. The van der Waals surface area contributed by atoms with Crippen LogP contribution in [0, 0.1) is 0 Å². The van der Waals surface area contributed by atoms with Gasteiger partial charge in [-0.15, -0.1) is 0 Å². The number of nitrogens with one attached hydrogen (secondary N) is 1. The van der Waals surface area contributed by atoms with Crippen molar-refractivity contribution in [2.24, 2.45) is 0 Å². The van der Waals surface area contributed by atoms with Crippen molar-refractivity contribution in [3.05, 3.63) is 36.7 Å². The highest BCUT2D eigenvalue weighted by Gasteiger charge is 2.31. The Bertz CT molecular complexity index is 959. The van der Waals surface area contributed by atoms with Crippen LogP contribution in [0.3, 0.4) is 0 Å². The predicted octanol–water partition coefficient (Wildman–Crippen LogP) is 0.707. The molecule has 4 rings (SSSR count). The fourth-order valence-corrected chi connectivity index (χ4v) is 4.53. The van der Waals surface area contributed by atoms with Crippen LogP contribution in [0.2, 0.25) is 0 Å². The maximum Gasteiger partial charge on any atom is 0.265 e. The Morgan fingerprint density at radius 1 is 1.15 bits per heavy atom.